The van der Waals surface area contributed by atoms with Crippen molar-refractivity contribution < 1.29 is 19.4 Å². The van der Waals surface area contributed by atoms with Crippen LogP contribution in [0.5, 0.6) is 0 Å². The van der Waals surface area contributed by atoms with Gasteiger partial charge in [-0.3, -0.25) is 9.59 Å². The second kappa shape index (κ2) is 5.04. The molecule has 1 saturated heterocycles. The van der Waals surface area contributed by atoms with E-state index in [1.807, 2.05) is 27.7 Å². The Labute approximate surface area is 102 Å². The quantitative estimate of drug-likeness (QED) is 0.802. The van der Waals surface area contributed by atoms with Crippen molar-refractivity contribution >= 4 is 11.9 Å². The average Bonchev–Trinajstić information content (AvgIpc) is 2.55. The zero-order valence-corrected chi connectivity index (χ0v) is 10.9. The molecule has 1 aliphatic heterocycles. The Morgan fingerprint density at radius 2 is 1.94 bits per heavy atom. The van der Waals surface area contributed by atoms with Gasteiger partial charge < -0.3 is 14.7 Å². The molecule has 1 N–H and O–H groups in total. The molecule has 0 aromatic rings. The lowest BCUT2D eigenvalue weighted by molar-refractivity contribution is -0.143. The molecule has 0 spiro atoms. The van der Waals surface area contributed by atoms with E-state index in [2.05, 4.69) is 0 Å². The van der Waals surface area contributed by atoms with Crippen LogP contribution in [-0.4, -0.2) is 47.2 Å². The lowest BCUT2D eigenvalue weighted by atomic mass is 9.99. The lowest BCUT2D eigenvalue weighted by Gasteiger charge is -2.22. The summed E-state index contributed by atoms with van der Waals surface area (Å²) < 4.78 is 5.40. The summed E-state index contributed by atoms with van der Waals surface area (Å²) in [5, 5.41) is 8.97. The second-order valence-corrected chi connectivity index (χ2v) is 5.62. The van der Waals surface area contributed by atoms with Crippen LogP contribution in [0.3, 0.4) is 0 Å². The summed E-state index contributed by atoms with van der Waals surface area (Å²) in [6.45, 7) is 8.32. The zero-order valence-electron chi connectivity index (χ0n) is 10.9. The first-order valence-corrected chi connectivity index (χ1v) is 5.85. The molecule has 5 heteroatoms. The molecule has 2 atom stereocenters. The Morgan fingerprint density at radius 3 is 2.35 bits per heavy atom. The van der Waals surface area contributed by atoms with Crippen molar-refractivity contribution in [3.8, 4) is 0 Å². The maximum Gasteiger partial charge on any atom is 0.308 e. The highest BCUT2D eigenvalue weighted by Crippen LogP contribution is 2.23. The van der Waals surface area contributed by atoms with E-state index in [-0.39, 0.29) is 24.0 Å². The van der Waals surface area contributed by atoms with Gasteiger partial charge in [0.1, 0.15) is 6.61 Å². The number of amides is 1. The minimum absolute atomic E-state index is 0.00564. The van der Waals surface area contributed by atoms with E-state index in [1.54, 1.807) is 4.90 Å². The molecule has 1 amide bonds. The Balaban J connectivity index is 2.48. The first-order valence-electron chi connectivity index (χ1n) is 5.85. The molecule has 0 aromatic heterocycles. The molecule has 5 nitrogen and oxygen atoms in total. The van der Waals surface area contributed by atoms with Crippen molar-refractivity contribution in [2.45, 2.75) is 33.3 Å². The molecule has 1 fully saturated rings. The summed E-state index contributed by atoms with van der Waals surface area (Å²) in [5.41, 5.74) is -0.354. The monoisotopic (exact) mass is 243 g/mol. The summed E-state index contributed by atoms with van der Waals surface area (Å²) in [7, 11) is 0. The number of carboxylic acids is 1. The molecule has 0 radical (unpaired) electrons. The van der Waals surface area contributed by atoms with Gasteiger partial charge in [0.25, 0.3) is 0 Å². The first-order chi connectivity index (χ1) is 7.70. The van der Waals surface area contributed by atoms with Crippen LogP contribution in [0.15, 0.2) is 0 Å². The van der Waals surface area contributed by atoms with Crippen LogP contribution in [-0.2, 0) is 14.3 Å². The van der Waals surface area contributed by atoms with E-state index in [0.717, 1.165) is 0 Å². The van der Waals surface area contributed by atoms with Gasteiger partial charge in [-0.2, -0.15) is 0 Å². The Hall–Kier alpha value is -1.10. The standard InChI is InChI=1S/C12H21NO4/c1-8-5-13(6-9(8)11(15)16)10(14)7-17-12(2,3)4/h8-9H,5-7H2,1-4H3,(H,15,16). The predicted molar refractivity (Wildman–Crippen MR) is 62.6 cm³/mol. The lowest BCUT2D eigenvalue weighted by Crippen LogP contribution is -2.35. The third-order valence-electron chi connectivity index (χ3n) is 2.91. The van der Waals surface area contributed by atoms with Crippen LogP contribution < -0.4 is 0 Å². The van der Waals surface area contributed by atoms with Crippen molar-refractivity contribution in [1.82, 2.24) is 4.90 Å². The molecule has 0 aliphatic carbocycles. The number of ether oxygens (including phenoxy) is 1. The number of carboxylic acid groups (broad SMARTS) is 1. The van der Waals surface area contributed by atoms with E-state index in [9.17, 15) is 9.59 Å². The highest BCUT2D eigenvalue weighted by atomic mass is 16.5. The average molecular weight is 243 g/mol. The highest BCUT2D eigenvalue weighted by molar-refractivity contribution is 5.79. The molecule has 98 valence electrons. The number of nitrogens with zero attached hydrogens (tertiary/aromatic N) is 1. The van der Waals surface area contributed by atoms with E-state index in [4.69, 9.17) is 9.84 Å². The van der Waals surface area contributed by atoms with Crippen LogP contribution >= 0.6 is 0 Å². The van der Waals surface area contributed by atoms with Gasteiger partial charge in [0.05, 0.1) is 11.5 Å². The van der Waals surface area contributed by atoms with Crippen molar-refractivity contribution in [3.05, 3.63) is 0 Å². The Morgan fingerprint density at radius 1 is 1.35 bits per heavy atom. The summed E-state index contributed by atoms with van der Waals surface area (Å²) in [4.78, 5) is 24.3. The minimum atomic E-state index is -0.829. The number of hydrogen-bond acceptors (Lipinski definition) is 3. The molecule has 1 rings (SSSR count). The number of carbonyl (C=O) groups excluding carboxylic acids is 1. The van der Waals surface area contributed by atoms with Gasteiger partial charge in [0.15, 0.2) is 0 Å². The Bertz CT molecular complexity index is 308. The van der Waals surface area contributed by atoms with Crippen LogP contribution in [0.25, 0.3) is 0 Å². The molecule has 0 bridgehead atoms. The zero-order chi connectivity index (χ0) is 13.2. The molecule has 1 aliphatic rings. The van der Waals surface area contributed by atoms with Gasteiger partial charge in [0.2, 0.25) is 5.91 Å². The first kappa shape index (κ1) is 14.0. The number of hydrogen-bond donors (Lipinski definition) is 1. The third kappa shape index (κ3) is 4.00. The Kier molecular flexibility index (Phi) is 4.14. The summed E-state index contributed by atoms with van der Waals surface area (Å²) >= 11 is 0. The number of carbonyl (C=O) groups is 2. The molecule has 17 heavy (non-hydrogen) atoms. The smallest absolute Gasteiger partial charge is 0.308 e. The van der Waals surface area contributed by atoms with Gasteiger partial charge in [-0.15, -0.1) is 0 Å². The summed E-state index contributed by atoms with van der Waals surface area (Å²) in [6, 6.07) is 0. The van der Waals surface area contributed by atoms with Crippen molar-refractivity contribution in [2.24, 2.45) is 11.8 Å². The molecule has 0 aromatic carbocycles. The van der Waals surface area contributed by atoms with Gasteiger partial charge in [-0.25, -0.2) is 0 Å². The fraction of sp³-hybridized carbons (Fsp3) is 0.833. The van der Waals surface area contributed by atoms with Crippen molar-refractivity contribution in [1.29, 1.82) is 0 Å². The molecule has 0 saturated carbocycles. The van der Waals surface area contributed by atoms with Gasteiger partial charge in [-0.1, -0.05) is 6.92 Å². The van der Waals surface area contributed by atoms with Crippen LogP contribution in [0.1, 0.15) is 27.7 Å². The fourth-order valence-corrected chi connectivity index (χ4v) is 1.86. The SMILES string of the molecule is CC1CN(C(=O)COC(C)(C)C)CC1C(=O)O. The van der Waals surface area contributed by atoms with Gasteiger partial charge in [0, 0.05) is 13.1 Å². The maximum atomic E-state index is 11.8. The normalized spacial score (nSPS) is 25.1. The van der Waals surface area contributed by atoms with Crippen LogP contribution in [0.4, 0.5) is 0 Å². The summed E-state index contributed by atoms with van der Waals surface area (Å²) in [6.07, 6.45) is 0. The topological polar surface area (TPSA) is 66.8 Å². The third-order valence-corrected chi connectivity index (χ3v) is 2.91. The van der Waals surface area contributed by atoms with Crippen LogP contribution in [0.2, 0.25) is 0 Å². The molecule has 1 heterocycles. The van der Waals surface area contributed by atoms with E-state index < -0.39 is 11.9 Å². The number of likely N-dealkylation sites (tertiary alicyclic amines) is 1. The summed E-state index contributed by atoms with van der Waals surface area (Å²) in [5.74, 6) is -1.40. The molecule has 2 unspecified atom stereocenters. The van der Waals surface area contributed by atoms with Crippen molar-refractivity contribution in [3.63, 3.8) is 0 Å². The van der Waals surface area contributed by atoms with Crippen LogP contribution in [0, 0.1) is 11.8 Å². The van der Waals surface area contributed by atoms with E-state index in [1.165, 1.54) is 0 Å². The van der Waals surface area contributed by atoms with E-state index >= 15 is 0 Å². The second-order valence-electron chi connectivity index (χ2n) is 5.62. The number of aliphatic carboxylic acids is 1. The maximum absolute atomic E-state index is 11.8. The predicted octanol–water partition coefficient (Wildman–Crippen LogP) is 0.981. The number of rotatable bonds is 3. The van der Waals surface area contributed by atoms with E-state index in [0.29, 0.717) is 13.1 Å². The molecular formula is C12H21NO4. The minimum Gasteiger partial charge on any atom is -0.481 e. The highest BCUT2D eigenvalue weighted by Gasteiger charge is 2.37. The van der Waals surface area contributed by atoms with Gasteiger partial charge in [-0.05, 0) is 26.7 Å². The largest absolute Gasteiger partial charge is 0.481 e. The van der Waals surface area contributed by atoms with Crippen molar-refractivity contribution in [2.75, 3.05) is 19.7 Å². The molecular weight excluding hydrogens is 222 g/mol. The fourth-order valence-electron chi connectivity index (χ4n) is 1.86. The van der Waals surface area contributed by atoms with Gasteiger partial charge >= 0.3 is 5.97 Å².